The zero-order chi connectivity index (χ0) is 20.0. The normalized spacial score (nSPS) is 16.7. The standard InChI is InChI=1S/C23H28ClNO3/c1-17-4-6-18(7-5-17)21(28-15-14-26)16-25-22(27)23(12-2-3-13-23)19-8-10-20(24)11-9-19/h4-11,21,26H,2-3,12-16H2,1H3,(H,25,27). The fourth-order valence-electron chi connectivity index (χ4n) is 4.00. The van der Waals surface area contributed by atoms with E-state index in [0.29, 0.717) is 11.6 Å². The lowest BCUT2D eigenvalue weighted by molar-refractivity contribution is -0.127. The molecule has 2 aromatic rings. The average molecular weight is 402 g/mol. The Morgan fingerprint density at radius 2 is 1.79 bits per heavy atom. The molecule has 1 atom stereocenters. The minimum atomic E-state index is -0.501. The summed E-state index contributed by atoms with van der Waals surface area (Å²) in [6, 6.07) is 15.7. The molecule has 5 heteroatoms. The number of nitrogens with one attached hydrogen (secondary N) is 1. The second-order valence-corrected chi connectivity index (χ2v) is 7.94. The van der Waals surface area contributed by atoms with E-state index in [-0.39, 0.29) is 25.2 Å². The number of rotatable bonds is 8. The predicted octanol–water partition coefficient (Wildman–Crippen LogP) is 4.33. The molecule has 0 radical (unpaired) electrons. The summed E-state index contributed by atoms with van der Waals surface area (Å²) in [6.45, 7) is 2.59. The SMILES string of the molecule is Cc1ccc(C(CNC(=O)C2(c3ccc(Cl)cc3)CCCC2)OCCO)cc1. The Balaban J connectivity index is 1.74. The highest BCUT2D eigenvalue weighted by Crippen LogP contribution is 2.41. The number of aryl methyl sites for hydroxylation is 1. The van der Waals surface area contributed by atoms with Crippen molar-refractivity contribution in [3.8, 4) is 0 Å². The number of carbonyl (C=O) groups is 1. The van der Waals surface area contributed by atoms with E-state index in [0.717, 1.165) is 36.8 Å². The predicted molar refractivity (Wildman–Crippen MR) is 112 cm³/mol. The fourth-order valence-corrected chi connectivity index (χ4v) is 4.12. The summed E-state index contributed by atoms with van der Waals surface area (Å²) in [4.78, 5) is 13.3. The molecular weight excluding hydrogens is 374 g/mol. The average Bonchev–Trinajstić information content (AvgIpc) is 3.20. The van der Waals surface area contributed by atoms with Gasteiger partial charge in [0.15, 0.2) is 0 Å². The second-order valence-electron chi connectivity index (χ2n) is 7.50. The smallest absolute Gasteiger partial charge is 0.230 e. The molecule has 0 spiro atoms. The molecule has 0 bridgehead atoms. The first-order chi connectivity index (χ1) is 13.5. The second kappa shape index (κ2) is 9.55. The van der Waals surface area contributed by atoms with Gasteiger partial charge in [-0.2, -0.15) is 0 Å². The molecule has 1 fully saturated rings. The van der Waals surface area contributed by atoms with Gasteiger partial charge >= 0.3 is 0 Å². The number of hydrogen-bond acceptors (Lipinski definition) is 3. The summed E-state index contributed by atoms with van der Waals surface area (Å²) >= 11 is 6.04. The maximum atomic E-state index is 13.3. The van der Waals surface area contributed by atoms with Crippen LogP contribution >= 0.6 is 11.6 Å². The van der Waals surface area contributed by atoms with E-state index < -0.39 is 5.41 Å². The van der Waals surface area contributed by atoms with Crippen LogP contribution in [-0.2, 0) is 14.9 Å². The van der Waals surface area contributed by atoms with Crippen molar-refractivity contribution in [2.75, 3.05) is 19.8 Å². The van der Waals surface area contributed by atoms with Gasteiger partial charge in [0.1, 0.15) is 0 Å². The van der Waals surface area contributed by atoms with Crippen LogP contribution in [0.1, 0.15) is 48.5 Å². The molecule has 1 aliphatic rings. The minimum Gasteiger partial charge on any atom is -0.394 e. The van der Waals surface area contributed by atoms with Crippen molar-refractivity contribution in [3.05, 3.63) is 70.2 Å². The van der Waals surface area contributed by atoms with Gasteiger partial charge in [-0.1, -0.05) is 66.4 Å². The summed E-state index contributed by atoms with van der Waals surface area (Å²) in [5.74, 6) is 0.0389. The van der Waals surface area contributed by atoms with Gasteiger partial charge in [-0.05, 0) is 43.0 Å². The Morgan fingerprint density at radius 1 is 1.14 bits per heavy atom. The Kier molecular flexibility index (Phi) is 7.11. The number of aliphatic hydroxyl groups excluding tert-OH is 1. The maximum absolute atomic E-state index is 13.3. The van der Waals surface area contributed by atoms with E-state index in [1.54, 1.807) is 0 Å². The lowest BCUT2D eigenvalue weighted by atomic mass is 9.78. The molecular formula is C23H28ClNO3. The molecule has 0 heterocycles. The van der Waals surface area contributed by atoms with E-state index >= 15 is 0 Å². The van der Waals surface area contributed by atoms with Crippen molar-refractivity contribution in [2.24, 2.45) is 0 Å². The van der Waals surface area contributed by atoms with E-state index in [2.05, 4.69) is 5.32 Å². The number of amides is 1. The molecule has 1 saturated carbocycles. The molecule has 1 amide bonds. The monoisotopic (exact) mass is 401 g/mol. The van der Waals surface area contributed by atoms with Crippen molar-refractivity contribution in [1.29, 1.82) is 0 Å². The highest BCUT2D eigenvalue weighted by atomic mass is 35.5. The number of halogens is 1. The molecule has 28 heavy (non-hydrogen) atoms. The Hall–Kier alpha value is -1.88. The van der Waals surface area contributed by atoms with Crippen molar-refractivity contribution in [3.63, 3.8) is 0 Å². The molecule has 1 aliphatic carbocycles. The largest absolute Gasteiger partial charge is 0.394 e. The van der Waals surface area contributed by atoms with Crippen molar-refractivity contribution in [1.82, 2.24) is 5.32 Å². The zero-order valence-electron chi connectivity index (χ0n) is 16.3. The molecule has 2 aromatic carbocycles. The molecule has 0 aromatic heterocycles. The first-order valence-corrected chi connectivity index (χ1v) is 10.3. The van der Waals surface area contributed by atoms with Crippen LogP contribution in [0.25, 0.3) is 0 Å². The van der Waals surface area contributed by atoms with E-state index in [1.807, 2.05) is 55.5 Å². The molecule has 1 unspecified atom stereocenters. The lowest BCUT2D eigenvalue weighted by Crippen LogP contribution is -2.44. The third-order valence-electron chi connectivity index (χ3n) is 5.60. The number of carbonyl (C=O) groups excluding carboxylic acids is 1. The molecule has 3 rings (SSSR count). The minimum absolute atomic E-state index is 0.0389. The fraction of sp³-hybridized carbons (Fsp3) is 0.435. The molecule has 4 nitrogen and oxygen atoms in total. The maximum Gasteiger partial charge on any atom is 0.230 e. The van der Waals surface area contributed by atoms with E-state index in [9.17, 15) is 4.79 Å². The lowest BCUT2D eigenvalue weighted by Gasteiger charge is -2.29. The van der Waals surface area contributed by atoms with Crippen LogP contribution in [0.3, 0.4) is 0 Å². The highest BCUT2D eigenvalue weighted by molar-refractivity contribution is 6.30. The summed E-state index contributed by atoms with van der Waals surface area (Å²) < 4.78 is 5.80. The van der Waals surface area contributed by atoms with Crippen LogP contribution < -0.4 is 5.32 Å². The molecule has 0 aliphatic heterocycles. The van der Waals surface area contributed by atoms with Gasteiger partial charge in [0.25, 0.3) is 0 Å². The van der Waals surface area contributed by atoms with Gasteiger partial charge in [0, 0.05) is 11.6 Å². The van der Waals surface area contributed by atoms with Crippen molar-refractivity contribution >= 4 is 17.5 Å². The first-order valence-electron chi connectivity index (χ1n) is 9.88. The van der Waals surface area contributed by atoms with Gasteiger partial charge in [-0.15, -0.1) is 0 Å². The summed E-state index contributed by atoms with van der Waals surface area (Å²) in [7, 11) is 0. The van der Waals surface area contributed by atoms with E-state index in [1.165, 1.54) is 5.56 Å². The van der Waals surface area contributed by atoms with Crippen molar-refractivity contribution in [2.45, 2.75) is 44.1 Å². The number of aliphatic hydroxyl groups is 1. The van der Waals surface area contributed by atoms with Gasteiger partial charge in [-0.3, -0.25) is 4.79 Å². The molecule has 150 valence electrons. The Morgan fingerprint density at radius 3 is 2.39 bits per heavy atom. The Bertz CT molecular complexity index is 767. The van der Waals surface area contributed by atoms with Crippen LogP contribution in [0.5, 0.6) is 0 Å². The topological polar surface area (TPSA) is 58.6 Å². The zero-order valence-corrected chi connectivity index (χ0v) is 17.0. The van der Waals surface area contributed by atoms with Crippen LogP contribution in [0.4, 0.5) is 0 Å². The van der Waals surface area contributed by atoms with Crippen LogP contribution in [-0.4, -0.2) is 30.8 Å². The number of benzene rings is 2. The summed E-state index contributed by atoms with van der Waals surface area (Å²) in [5.41, 5.74) is 2.68. The van der Waals surface area contributed by atoms with Gasteiger partial charge in [-0.25, -0.2) is 0 Å². The van der Waals surface area contributed by atoms with Crippen LogP contribution in [0.2, 0.25) is 5.02 Å². The summed E-state index contributed by atoms with van der Waals surface area (Å²) in [5, 5.41) is 12.9. The third kappa shape index (κ3) is 4.75. The van der Waals surface area contributed by atoms with E-state index in [4.69, 9.17) is 21.4 Å². The molecule has 2 N–H and O–H groups in total. The first kappa shape index (κ1) is 20.8. The van der Waals surface area contributed by atoms with Gasteiger partial charge in [0.2, 0.25) is 5.91 Å². The van der Waals surface area contributed by atoms with Gasteiger partial charge in [0.05, 0.1) is 24.7 Å². The van der Waals surface area contributed by atoms with Gasteiger partial charge < -0.3 is 15.2 Å². The summed E-state index contributed by atoms with van der Waals surface area (Å²) in [6.07, 6.45) is 3.47. The number of ether oxygens (including phenoxy) is 1. The quantitative estimate of drug-likeness (QED) is 0.692. The van der Waals surface area contributed by atoms with Crippen LogP contribution in [0.15, 0.2) is 48.5 Å². The number of hydrogen-bond donors (Lipinski definition) is 2. The van der Waals surface area contributed by atoms with Crippen LogP contribution in [0, 0.1) is 6.92 Å². The van der Waals surface area contributed by atoms with Crippen molar-refractivity contribution < 1.29 is 14.6 Å². The molecule has 0 saturated heterocycles. The highest BCUT2D eigenvalue weighted by Gasteiger charge is 2.42. The Labute approximate surface area is 171 Å². The third-order valence-corrected chi connectivity index (χ3v) is 5.85.